The predicted octanol–water partition coefficient (Wildman–Crippen LogP) is 3.39. The predicted molar refractivity (Wildman–Crippen MR) is 68.8 cm³/mol. The third kappa shape index (κ3) is 2.88. The van der Waals surface area contributed by atoms with E-state index in [0.29, 0.717) is 23.7 Å². The standard InChI is InChI=1S/C13H13ClN2/c1-3-7-16(8-4-2)13-6-5-12(14)9-11(13)10-15/h3-6,9H,1-2,7-8H2. The number of halogens is 1. The van der Waals surface area contributed by atoms with Crippen LogP contribution in [0.25, 0.3) is 0 Å². The lowest BCUT2D eigenvalue weighted by Gasteiger charge is -2.22. The largest absolute Gasteiger partial charge is 0.363 e. The van der Waals surface area contributed by atoms with Gasteiger partial charge in [-0.05, 0) is 18.2 Å². The van der Waals surface area contributed by atoms with Crippen LogP contribution in [-0.2, 0) is 0 Å². The molecule has 0 amide bonds. The van der Waals surface area contributed by atoms with Crippen LogP contribution in [-0.4, -0.2) is 13.1 Å². The lowest BCUT2D eigenvalue weighted by Crippen LogP contribution is -2.23. The zero-order valence-electron chi connectivity index (χ0n) is 8.99. The maximum absolute atomic E-state index is 9.04. The summed E-state index contributed by atoms with van der Waals surface area (Å²) in [5.41, 5.74) is 1.42. The zero-order valence-corrected chi connectivity index (χ0v) is 9.74. The summed E-state index contributed by atoms with van der Waals surface area (Å²) in [6.07, 6.45) is 3.58. The molecule has 16 heavy (non-hydrogen) atoms. The lowest BCUT2D eigenvalue weighted by atomic mass is 10.1. The van der Waals surface area contributed by atoms with E-state index in [1.165, 1.54) is 0 Å². The van der Waals surface area contributed by atoms with Crippen LogP contribution in [0.15, 0.2) is 43.5 Å². The molecule has 0 aliphatic rings. The Hall–Kier alpha value is -1.72. The van der Waals surface area contributed by atoms with Crippen molar-refractivity contribution >= 4 is 17.3 Å². The van der Waals surface area contributed by atoms with Gasteiger partial charge in [0, 0.05) is 18.1 Å². The Morgan fingerprint density at radius 2 is 1.94 bits per heavy atom. The van der Waals surface area contributed by atoms with Gasteiger partial charge in [-0.2, -0.15) is 5.26 Å². The van der Waals surface area contributed by atoms with Gasteiger partial charge in [-0.1, -0.05) is 23.8 Å². The molecular weight excluding hydrogens is 220 g/mol. The second-order valence-electron chi connectivity index (χ2n) is 3.26. The van der Waals surface area contributed by atoms with Crippen LogP contribution in [0.4, 0.5) is 5.69 Å². The lowest BCUT2D eigenvalue weighted by molar-refractivity contribution is 0.954. The fraction of sp³-hybridized carbons (Fsp3) is 0.154. The molecule has 1 rings (SSSR count). The van der Waals surface area contributed by atoms with Crippen LogP contribution in [0, 0.1) is 11.3 Å². The van der Waals surface area contributed by atoms with Crippen LogP contribution in [0.1, 0.15) is 5.56 Å². The molecule has 1 aromatic rings. The molecule has 0 bridgehead atoms. The summed E-state index contributed by atoms with van der Waals surface area (Å²) in [6.45, 7) is 8.73. The Balaban J connectivity index is 3.12. The molecule has 0 saturated carbocycles. The molecule has 0 radical (unpaired) electrons. The van der Waals surface area contributed by atoms with Gasteiger partial charge in [-0.15, -0.1) is 13.2 Å². The molecule has 82 valence electrons. The summed E-state index contributed by atoms with van der Waals surface area (Å²) < 4.78 is 0. The fourth-order valence-corrected chi connectivity index (χ4v) is 1.63. The molecule has 0 heterocycles. The molecule has 0 spiro atoms. The number of benzene rings is 1. The maximum atomic E-state index is 9.04. The minimum Gasteiger partial charge on any atom is -0.363 e. The smallest absolute Gasteiger partial charge is 0.101 e. The summed E-state index contributed by atoms with van der Waals surface area (Å²) in [5.74, 6) is 0. The maximum Gasteiger partial charge on any atom is 0.101 e. The van der Waals surface area contributed by atoms with E-state index in [0.717, 1.165) is 5.69 Å². The van der Waals surface area contributed by atoms with Crippen molar-refractivity contribution in [3.8, 4) is 6.07 Å². The van der Waals surface area contributed by atoms with Crippen LogP contribution >= 0.6 is 11.6 Å². The van der Waals surface area contributed by atoms with Crippen molar-refractivity contribution in [3.63, 3.8) is 0 Å². The number of hydrogen-bond donors (Lipinski definition) is 0. The molecule has 0 saturated heterocycles. The molecule has 0 aliphatic heterocycles. The Kier molecular flexibility index (Phi) is 4.63. The second kappa shape index (κ2) is 5.99. The molecular formula is C13H13ClN2. The van der Waals surface area contributed by atoms with Crippen molar-refractivity contribution < 1.29 is 0 Å². The first-order valence-electron chi connectivity index (χ1n) is 4.89. The molecule has 0 unspecified atom stereocenters. The van der Waals surface area contributed by atoms with Crippen LogP contribution in [0.2, 0.25) is 5.02 Å². The van der Waals surface area contributed by atoms with Gasteiger partial charge < -0.3 is 4.90 Å². The Bertz CT molecular complexity index is 422. The van der Waals surface area contributed by atoms with Crippen molar-refractivity contribution in [1.29, 1.82) is 5.26 Å². The van der Waals surface area contributed by atoms with Gasteiger partial charge in [0.2, 0.25) is 0 Å². The molecule has 0 aliphatic carbocycles. The van der Waals surface area contributed by atoms with E-state index in [2.05, 4.69) is 19.2 Å². The topological polar surface area (TPSA) is 27.0 Å². The molecule has 3 heteroatoms. The highest BCUT2D eigenvalue weighted by molar-refractivity contribution is 6.30. The van der Waals surface area contributed by atoms with Gasteiger partial charge in [0.25, 0.3) is 0 Å². The summed E-state index contributed by atoms with van der Waals surface area (Å²) in [5, 5.41) is 9.61. The third-order valence-corrected chi connectivity index (χ3v) is 2.35. The van der Waals surface area contributed by atoms with Crippen LogP contribution in [0.3, 0.4) is 0 Å². The van der Waals surface area contributed by atoms with E-state index in [9.17, 15) is 0 Å². The van der Waals surface area contributed by atoms with Crippen molar-refractivity contribution in [1.82, 2.24) is 0 Å². The van der Waals surface area contributed by atoms with Crippen molar-refractivity contribution in [2.24, 2.45) is 0 Å². The Morgan fingerprint density at radius 3 is 2.44 bits per heavy atom. The fourth-order valence-electron chi connectivity index (χ4n) is 1.46. The normalized spacial score (nSPS) is 9.25. The van der Waals surface area contributed by atoms with Crippen LogP contribution < -0.4 is 4.90 Å². The number of nitrogens with zero attached hydrogens (tertiary/aromatic N) is 2. The molecule has 2 nitrogen and oxygen atoms in total. The zero-order chi connectivity index (χ0) is 12.0. The molecule has 0 aromatic heterocycles. The van der Waals surface area contributed by atoms with Crippen molar-refractivity contribution in [2.75, 3.05) is 18.0 Å². The van der Waals surface area contributed by atoms with E-state index in [1.54, 1.807) is 24.3 Å². The van der Waals surface area contributed by atoms with Gasteiger partial charge in [-0.3, -0.25) is 0 Å². The number of anilines is 1. The Labute approximate surface area is 101 Å². The molecule has 0 N–H and O–H groups in total. The van der Waals surface area contributed by atoms with Gasteiger partial charge in [0.05, 0.1) is 11.3 Å². The van der Waals surface area contributed by atoms with Crippen molar-refractivity contribution in [2.45, 2.75) is 0 Å². The molecule has 0 atom stereocenters. The second-order valence-corrected chi connectivity index (χ2v) is 3.69. The number of hydrogen-bond acceptors (Lipinski definition) is 2. The average molecular weight is 233 g/mol. The summed E-state index contributed by atoms with van der Waals surface area (Å²) in [4.78, 5) is 2.01. The number of nitriles is 1. The summed E-state index contributed by atoms with van der Waals surface area (Å²) in [6, 6.07) is 7.42. The van der Waals surface area contributed by atoms with Gasteiger partial charge >= 0.3 is 0 Å². The SMILES string of the molecule is C=CCN(CC=C)c1ccc(Cl)cc1C#N. The van der Waals surface area contributed by atoms with E-state index in [4.69, 9.17) is 16.9 Å². The molecule has 1 aromatic carbocycles. The monoisotopic (exact) mass is 232 g/mol. The minimum atomic E-state index is 0.566. The van der Waals surface area contributed by atoms with E-state index >= 15 is 0 Å². The van der Waals surface area contributed by atoms with Gasteiger partial charge in [0.1, 0.15) is 6.07 Å². The summed E-state index contributed by atoms with van der Waals surface area (Å²) >= 11 is 5.84. The van der Waals surface area contributed by atoms with Crippen molar-refractivity contribution in [3.05, 3.63) is 54.1 Å². The first-order valence-corrected chi connectivity index (χ1v) is 5.27. The highest BCUT2D eigenvalue weighted by atomic mass is 35.5. The Morgan fingerprint density at radius 1 is 1.31 bits per heavy atom. The quantitative estimate of drug-likeness (QED) is 0.728. The first kappa shape index (κ1) is 12.4. The van der Waals surface area contributed by atoms with E-state index in [-0.39, 0.29) is 0 Å². The summed E-state index contributed by atoms with van der Waals surface area (Å²) in [7, 11) is 0. The van der Waals surface area contributed by atoms with Crippen LogP contribution in [0.5, 0.6) is 0 Å². The molecule has 0 fully saturated rings. The van der Waals surface area contributed by atoms with E-state index < -0.39 is 0 Å². The first-order chi connectivity index (χ1) is 7.72. The van der Waals surface area contributed by atoms with E-state index in [1.807, 2.05) is 11.0 Å². The van der Waals surface area contributed by atoms with Gasteiger partial charge in [-0.25, -0.2) is 0 Å². The highest BCUT2D eigenvalue weighted by Gasteiger charge is 2.09. The highest BCUT2D eigenvalue weighted by Crippen LogP contribution is 2.23. The minimum absolute atomic E-state index is 0.566. The van der Waals surface area contributed by atoms with Gasteiger partial charge in [0.15, 0.2) is 0 Å². The third-order valence-electron chi connectivity index (χ3n) is 2.12. The number of rotatable bonds is 5. The average Bonchev–Trinajstić information content (AvgIpc) is 2.28.